The van der Waals surface area contributed by atoms with Gasteiger partial charge in [-0.25, -0.2) is 0 Å². The molecule has 0 spiro atoms. The molecule has 2 aromatic carbocycles. The molecule has 2 saturated heterocycles. The molecule has 20 heteroatoms. The van der Waals surface area contributed by atoms with Crippen molar-refractivity contribution in [1.82, 2.24) is 31.1 Å². The van der Waals surface area contributed by atoms with Crippen LogP contribution in [0.25, 0.3) is 0 Å². The number of nitrogens with two attached hydrogens (primary N) is 3. The number of benzene rings is 2. The van der Waals surface area contributed by atoms with Gasteiger partial charge in [0, 0.05) is 69.4 Å². The molecule has 476 valence electrons. The van der Waals surface area contributed by atoms with Crippen LogP contribution in [0.15, 0.2) is 60.7 Å². The maximum absolute atomic E-state index is 15.0. The summed E-state index contributed by atoms with van der Waals surface area (Å²) in [6, 6.07) is 12.8. The van der Waals surface area contributed by atoms with E-state index in [9.17, 15) is 47.9 Å². The number of primary amides is 1. The van der Waals surface area contributed by atoms with Crippen molar-refractivity contribution in [3.63, 3.8) is 0 Å². The smallest absolute Gasteiger partial charge is 0.243 e. The van der Waals surface area contributed by atoms with E-state index in [-0.39, 0.29) is 137 Å². The van der Waals surface area contributed by atoms with Crippen LogP contribution in [0.1, 0.15) is 163 Å². The fourth-order valence-electron chi connectivity index (χ4n) is 12.0. The predicted molar refractivity (Wildman–Crippen MR) is 330 cm³/mol. The van der Waals surface area contributed by atoms with Gasteiger partial charge in [0.1, 0.15) is 12.1 Å². The number of carbonyl (C=O) groups excluding carboxylic acids is 11. The molecule has 0 radical (unpaired) electrons. The van der Waals surface area contributed by atoms with E-state index in [2.05, 4.69) is 21.3 Å². The molecule has 0 aliphatic carbocycles. The van der Waals surface area contributed by atoms with Crippen molar-refractivity contribution in [2.45, 2.75) is 201 Å². The van der Waals surface area contributed by atoms with Crippen molar-refractivity contribution < 1.29 is 52.7 Å². The summed E-state index contributed by atoms with van der Waals surface area (Å²) in [4.78, 5) is 157. The minimum atomic E-state index is -1.08. The van der Waals surface area contributed by atoms with E-state index >= 15 is 4.79 Å². The number of nitrogens with one attached hydrogen (secondary N) is 4. The van der Waals surface area contributed by atoms with Crippen molar-refractivity contribution in [2.75, 3.05) is 26.2 Å². The topological polar surface area (TPSA) is 320 Å². The van der Waals surface area contributed by atoms with E-state index in [0.717, 1.165) is 11.1 Å². The Balaban J connectivity index is 1.55. The second-order valence-corrected chi connectivity index (χ2v) is 25.5. The normalized spacial score (nSPS) is 17.9. The largest absolute Gasteiger partial charge is 0.368 e. The first-order valence-corrected chi connectivity index (χ1v) is 31.4. The van der Waals surface area contributed by atoms with Gasteiger partial charge >= 0.3 is 0 Å². The summed E-state index contributed by atoms with van der Waals surface area (Å²) in [7, 11) is 0. The minimum absolute atomic E-state index is 0.0584. The molecular formula is C66H101N9O11. The second-order valence-electron chi connectivity index (χ2n) is 25.5. The van der Waals surface area contributed by atoms with Crippen molar-refractivity contribution in [3.8, 4) is 0 Å². The molecule has 10 atom stereocenters. The van der Waals surface area contributed by atoms with Crippen LogP contribution in [-0.4, -0.2) is 137 Å². The average Bonchev–Trinajstić information content (AvgIpc) is 2.75. The Hall–Kier alpha value is -6.67. The Morgan fingerprint density at radius 3 is 1.23 bits per heavy atom. The fraction of sp³-hybridized carbons (Fsp3) is 0.652. The molecule has 2 aliphatic rings. The van der Waals surface area contributed by atoms with Gasteiger partial charge in [-0.3, -0.25) is 52.7 Å². The Morgan fingerprint density at radius 2 is 0.872 bits per heavy atom. The van der Waals surface area contributed by atoms with Gasteiger partial charge in [0.05, 0.1) is 24.2 Å². The molecule has 0 bridgehead atoms. The van der Waals surface area contributed by atoms with Crippen molar-refractivity contribution in [2.24, 2.45) is 64.5 Å². The highest BCUT2D eigenvalue weighted by Gasteiger charge is 2.42. The first kappa shape index (κ1) is 71.8. The maximum Gasteiger partial charge on any atom is 0.243 e. The highest BCUT2D eigenvalue weighted by atomic mass is 16.2. The third kappa shape index (κ3) is 22.6. The maximum atomic E-state index is 15.0. The molecule has 10 N–H and O–H groups in total. The average molecular weight is 1200 g/mol. The molecule has 2 fully saturated rings. The molecule has 86 heavy (non-hydrogen) atoms. The first-order valence-electron chi connectivity index (χ1n) is 31.4. The molecule has 2 aromatic rings. The van der Waals surface area contributed by atoms with E-state index in [1.165, 1.54) is 16.7 Å². The summed E-state index contributed by atoms with van der Waals surface area (Å²) < 4.78 is 0. The Labute approximate surface area is 510 Å². The number of amides is 7. The van der Waals surface area contributed by atoms with Crippen LogP contribution in [0, 0.1) is 47.3 Å². The second kappa shape index (κ2) is 35.8. The lowest BCUT2D eigenvalue weighted by atomic mass is 9.87. The Kier molecular flexibility index (Phi) is 29.9. The lowest BCUT2D eigenvalue weighted by Gasteiger charge is -2.31. The Bertz CT molecular complexity index is 2590. The van der Waals surface area contributed by atoms with Gasteiger partial charge in [0.2, 0.25) is 41.4 Å². The van der Waals surface area contributed by atoms with Crippen LogP contribution in [0.5, 0.6) is 0 Å². The number of carbonyl (C=O) groups is 11. The number of hydrogen-bond acceptors (Lipinski definition) is 13. The van der Waals surface area contributed by atoms with Crippen molar-refractivity contribution >= 4 is 64.5 Å². The number of Topliss-reactive ketones (excluding diaryl/α,β-unsaturated/α-hetero) is 4. The van der Waals surface area contributed by atoms with Gasteiger partial charge in [-0.2, -0.15) is 0 Å². The molecule has 10 unspecified atom stereocenters. The van der Waals surface area contributed by atoms with Gasteiger partial charge in [0.15, 0.2) is 23.1 Å². The summed E-state index contributed by atoms with van der Waals surface area (Å²) in [6.45, 7) is 17.2. The number of rotatable bonds is 38. The predicted octanol–water partition coefficient (Wildman–Crippen LogP) is 5.08. The molecule has 2 aliphatic heterocycles. The summed E-state index contributed by atoms with van der Waals surface area (Å²) in [5, 5.41) is 11.5. The van der Waals surface area contributed by atoms with Crippen LogP contribution in [0.2, 0.25) is 0 Å². The van der Waals surface area contributed by atoms with E-state index in [4.69, 9.17) is 17.2 Å². The third-order valence-electron chi connectivity index (χ3n) is 16.6. The van der Waals surface area contributed by atoms with Gasteiger partial charge < -0.3 is 48.3 Å². The highest BCUT2D eigenvalue weighted by molar-refractivity contribution is 5.99. The number of likely N-dealkylation sites (tertiary alicyclic amines) is 2. The lowest BCUT2D eigenvalue weighted by molar-refractivity contribution is -0.144. The zero-order chi connectivity index (χ0) is 63.8. The molecule has 0 saturated carbocycles. The van der Waals surface area contributed by atoms with Gasteiger partial charge in [-0.1, -0.05) is 116 Å². The summed E-state index contributed by atoms with van der Waals surface area (Å²) in [5.41, 5.74) is 19.1. The van der Waals surface area contributed by atoms with Crippen LogP contribution in [0.3, 0.4) is 0 Å². The highest BCUT2D eigenvalue weighted by Crippen LogP contribution is 2.29. The number of hydrogen-bond donors (Lipinski definition) is 7. The summed E-state index contributed by atoms with van der Waals surface area (Å²) >= 11 is 0. The molecule has 20 nitrogen and oxygen atoms in total. The summed E-state index contributed by atoms with van der Waals surface area (Å²) in [6.07, 6.45) is 2.98. The van der Waals surface area contributed by atoms with Crippen LogP contribution in [-0.2, 0) is 65.6 Å². The molecule has 4 rings (SSSR count). The number of ketones is 4. The third-order valence-corrected chi connectivity index (χ3v) is 16.6. The van der Waals surface area contributed by atoms with Gasteiger partial charge in [-0.05, 0) is 125 Å². The van der Waals surface area contributed by atoms with Crippen LogP contribution < -0.4 is 38.5 Å². The van der Waals surface area contributed by atoms with Crippen molar-refractivity contribution in [3.05, 3.63) is 71.8 Å². The monoisotopic (exact) mass is 1200 g/mol. The van der Waals surface area contributed by atoms with Crippen LogP contribution >= 0.6 is 0 Å². The molecule has 0 aromatic heterocycles. The van der Waals surface area contributed by atoms with Crippen LogP contribution in [0.4, 0.5) is 0 Å². The lowest BCUT2D eigenvalue weighted by Crippen LogP contribution is -2.54. The van der Waals surface area contributed by atoms with E-state index < -0.39 is 101 Å². The van der Waals surface area contributed by atoms with E-state index in [0.29, 0.717) is 38.6 Å². The quantitative estimate of drug-likeness (QED) is 0.0462. The molecule has 7 amide bonds. The fourth-order valence-corrected chi connectivity index (χ4v) is 12.0. The SMILES string of the molecule is CC(=O)NC(C(=O)CC(CCCN)C(=O)NC(CC(C)C)C(=O)CC(Cc1ccccc1)C(=O)N1CCCC1C(=O)NC(C(=O)CC(CCCN)C(=O)NC(CC(C)C)C(=O)CC(Cc1ccccc1)C(=O)N1CCCC1C(N)=O)C(C)C)C(C)C. The van der Waals surface area contributed by atoms with Crippen molar-refractivity contribution in [1.29, 1.82) is 0 Å². The standard InChI is InChI=1S/C66H101N9O11/c1-40(2)32-51(55(77)38-49(34-45-20-12-10-13-21-45)65(85)74-30-18-26-53(74)61(69)81)72-63(83)48(25-17-29-68)37-58(80)60(43(7)8)73-64(84)54-27-19-31-75(54)66(86)50(35-46-22-14-11-15-23-46)39-56(78)52(33-41(3)4)71-62(82)47(24-16-28-67)36-57(79)59(42(5)6)70-44(9)76/h10-15,20-23,40-43,47-54,59-60H,16-19,24-39,67-68H2,1-9H3,(H2,69,81)(H,70,76)(H,71,82)(H,72,83)(H,73,84). The van der Waals surface area contributed by atoms with E-state index in [1.807, 2.05) is 88.4 Å². The number of nitrogens with zero attached hydrogens (tertiary/aromatic N) is 2. The van der Waals surface area contributed by atoms with E-state index in [1.54, 1.807) is 27.7 Å². The summed E-state index contributed by atoms with van der Waals surface area (Å²) in [5.74, 6) is -9.24. The Morgan fingerprint density at radius 1 is 0.500 bits per heavy atom. The first-order chi connectivity index (χ1) is 40.8. The zero-order valence-corrected chi connectivity index (χ0v) is 52.6. The molecular weight excluding hydrogens is 1090 g/mol. The van der Waals surface area contributed by atoms with Gasteiger partial charge in [0.25, 0.3) is 0 Å². The van der Waals surface area contributed by atoms with Gasteiger partial charge in [-0.15, -0.1) is 0 Å². The molecule has 2 heterocycles. The zero-order valence-electron chi connectivity index (χ0n) is 52.6. The minimum Gasteiger partial charge on any atom is -0.368 e.